The lowest BCUT2D eigenvalue weighted by atomic mass is 10.0. The quantitative estimate of drug-likeness (QED) is 0.179. The summed E-state index contributed by atoms with van der Waals surface area (Å²) in [6.07, 6.45) is 9.82. The third-order valence-electron chi connectivity index (χ3n) is 7.71. The molecule has 1 fully saturated rings. The number of likely N-dealkylation sites (tertiary alicyclic amines) is 1. The van der Waals surface area contributed by atoms with Crippen LogP contribution in [0.25, 0.3) is 28.3 Å². The lowest BCUT2D eigenvalue weighted by molar-refractivity contribution is 0.0991. The van der Waals surface area contributed by atoms with Crippen molar-refractivity contribution in [3.63, 3.8) is 0 Å². The molecule has 0 unspecified atom stereocenters. The van der Waals surface area contributed by atoms with Crippen molar-refractivity contribution >= 4 is 11.4 Å². The fourth-order valence-corrected chi connectivity index (χ4v) is 5.57. The van der Waals surface area contributed by atoms with Crippen molar-refractivity contribution in [1.29, 1.82) is 0 Å². The molecule has 7 rings (SSSR count). The largest absolute Gasteiger partial charge is 0.448 e. The summed E-state index contributed by atoms with van der Waals surface area (Å²) in [5.74, 6) is -0.596. The van der Waals surface area contributed by atoms with Gasteiger partial charge in [0.1, 0.15) is 17.8 Å². The molecule has 12 heteroatoms. The SMILES string of the molecule is O=C(Cc1cn2nc(-c3c(-c4ccc(F)cc4)ncn3C3CCN(Cc4ncco4)CC3)ccc2n1)c1ccnc(F)c1. The Bertz CT molecular complexity index is 1890. The second-order valence-corrected chi connectivity index (χ2v) is 10.5. The van der Waals surface area contributed by atoms with Crippen LogP contribution in [0.1, 0.15) is 40.8 Å². The number of hydrogen-bond acceptors (Lipinski definition) is 8. The highest BCUT2D eigenvalue weighted by Gasteiger charge is 2.26. The van der Waals surface area contributed by atoms with Gasteiger partial charge in [-0.25, -0.2) is 28.8 Å². The Morgan fingerprint density at radius 1 is 0.977 bits per heavy atom. The number of aromatic nitrogens is 7. The molecule has 0 aliphatic carbocycles. The maximum Gasteiger partial charge on any atom is 0.213 e. The van der Waals surface area contributed by atoms with Crippen molar-refractivity contribution in [3.05, 3.63) is 109 Å². The molecule has 0 atom stereocenters. The Balaban J connectivity index is 1.20. The van der Waals surface area contributed by atoms with Crippen LogP contribution >= 0.6 is 0 Å². The summed E-state index contributed by atoms with van der Waals surface area (Å²) in [7, 11) is 0. The molecular weight excluding hydrogens is 554 g/mol. The average molecular weight is 581 g/mol. The predicted octanol–water partition coefficient (Wildman–Crippen LogP) is 5.18. The molecule has 0 N–H and O–H groups in total. The van der Waals surface area contributed by atoms with Crippen molar-refractivity contribution in [2.24, 2.45) is 0 Å². The maximum absolute atomic E-state index is 13.8. The zero-order chi connectivity index (χ0) is 29.3. The molecule has 0 amide bonds. The van der Waals surface area contributed by atoms with Crippen LogP contribution in [0.5, 0.6) is 0 Å². The lowest BCUT2D eigenvalue weighted by Crippen LogP contribution is -2.34. The fraction of sp³-hybridized carbons (Fsp3) is 0.226. The first-order valence-electron chi connectivity index (χ1n) is 13.9. The number of fused-ring (bicyclic) bond motifs is 1. The minimum atomic E-state index is -0.707. The van der Waals surface area contributed by atoms with Crippen LogP contribution in [0, 0.1) is 11.8 Å². The second kappa shape index (κ2) is 11.3. The zero-order valence-electron chi connectivity index (χ0n) is 23.0. The molecule has 5 aromatic heterocycles. The Labute approximate surface area is 244 Å². The number of Topliss-reactive ketones (excluding diaryl/α,β-unsaturated/α-hetero) is 1. The van der Waals surface area contributed by atoms with Crippen LogP contribution in [-0.4, -0.2) is 57.9 Å². The van der Waals surface area contributed by atoms with Crippen molar-refractivity contribution in [3.8, 4) is 22.6 Å². The molecular formula is C31H26F2N8O2. The third kappa shape index (κ3) is 5.56. The topological polar surface area (TPSA) is 107 Å². The van der Waals surface area contributed by atoms with Gasteiger partial charge in [-0.1, -0.05) is 0 Å². The second-order valence-electron chi connectivity index (χ2n) is 10.5. The predicted molar refractivity (Wildman–Crippen MR) is 152 cm³/mol. The van der Waals surface area contributed by atoms with E-state index < -0.39 is 5.95 Å². The van der Waals surface area contributed by atoms with Gasteiger partial charge in [-0.05, 0) is 55.3 Å². The van der Waals surface area contributed by atoms with Crippen LogP contribution < -0.4 is 0 Å². The van der Waals surface area contributed by atoms with Crippen LogP contribution in [0.3, 0.4) is 0 Å². The Hall–Kier alpha value is -5.10. The monoisotopic (exact) mass is 580 g/mol. The molecule has 0 spiro atoms. The number of hydrogen-bond donors (Lipinski definition) is 0. The number of pyridine rings is 1. The summed E-state index contributed by atoms with van der Waals surface area (Å²) < 4.78 is 36.5. The van der Waals surface area contributed by atoms with Gasteiger partial charge in [-0.15, -0.1) is 0 Å². The van der Waals surface area contributed by atoms with Crippen molar-refractivity contribution < 1.29 is 18.0 Å². The van der Waals surface area contributed by atoms with Gasteiger partial charge in [0.15, 0.2) is 11.4 Å². The molecule has 6 heterocycles. The molecule has 1 aliphatic heterocycles. The van der Waals surface area contributed by atoms with E-state index in [1.807, 2.05) is 18.5 Å². The van der Waals surface area contributed by atoms with Crippen LogP contribution in [0.15, 0.2) is 84.1 Å². The van der Waals surface area contributed by atoms with E-state index in [1.54, 1.807) is 35.3 Å². The lowest BCUT2D eigenvalue weighted by Gasteiger charge is -2.32. The van der Waals surface area contributed by atoms with E-state index in [9.17, 15) is 13.6 Å². The van der Waals surface area contributed by atoms with E-state index in [1.165, 1.54) is 24.4 Å². The number of benzene rings is 1. The minimum absolute atomic E-state index is 0.00694. The third-order valence-corrected chi connectivity index (χ3v) is 7.71. The van der Waals surface area contributed by atoms with Gasteiger partial charge in [0.2, 0.25) is 11.8 Å². The van der Waals surface area contributed by atoms with Gasteiger partial charge in [-0.3, -0.25) is 9.69 Å². The van der Waals surface area contributed by atoms with Crippen molar-refractivity contribution in [2.75, 3.05) is 13.1 Å². The molecule has 216 valence electrons. The van der Waals surface area contributed by atoms with Crippen LogP contribution in [-0.2, 0) is 13.0 Å². The summed E-state index contributed by atoms with van der Waals surface area (Å²) in [6, 6.07) is 12.8. The number of carbonyl (C=O) groups is 1. The van der Waals surface area contributed by atoms with E-state index in [4.69, 9.17) is 14.5 Å². The van der Waals surface area contributed by atoms with E-state index >= 15 is 0 Å². The van der Waals surface area contributed by atoms with Crippen molar-refractivity contribution in [1.82, 2.24) is 39.0 Å². The number of ketones is 1. The van der Waals surface area contributed by atoms with Gasteiger partial charge >= 0.3 is 0 Å². The Morgan fingerprint density at radius 3 is 2.58 bits per heavy atom. The number of oxazole rings is 1. The molecule has 10 nitrogen and oxygen atoms in total. The maximum atomic E-state index is 13.8. The van der Waals surface area contributed by atoms with Gasteiger partial charge in [0.05, 0.1) is 48.8 Å². The first-order chi connectivity index (χ1) is 21.0. The minimum Gasteiger partial charge on any atom is -0.448 e. The molecule has 1 aliphatic rings. The van der Waals surface area contributed by atoms with E-state index in [2.05, 4.69) is 24.4 Å². The smallest absolute Gasteiger partial charge is 0.213 e. The number of nitrogens with zero attached hydrogens (tertiary/aromatic N) is 8. The number of imidazole rings is 2. The average Bonchev–Trinajstić information content (AvgIpc) is 3.78. The van der Waals surface area contributed by atoms with Gasteiger partial charge in [0, 0.05) is 42.5 Å². The highest BCUT2D eigenvalue weighted by Crippen LogP contribution is 2.35. The molecule has 43 heavy (non-hydrogen) atoms. The first kappa shape index (κ1) is 26.8. The van der Waals surface area contributed by atoms with E-state index in [0.717, 1.165) is 43.3 Å². The van der Waals surface area contributed by atoms with Gasteiger partial charge < -0.3 is 8.98 Å². The van der Waals surface area contributed by atoms with Crippen LogP contribution in [0.4, 0.5) is 8.78 Å². The number of rotatable bonds is 8. The number of piperidine rings is 1. The fourth-order valence-electron chi connectivity index (χ4n) is 5.57. The highest BCUT2D eigenvalue weighted by molar-refractivity contribution is 5.97. The summed E-state index contributed by atoms with van der Waals surface area (Å²) in [6.45, 7) is 2.39. The summed E-state index contributed by atoms with van der Waals surface area (Å²) in [4.78, 5) is 32.1. The molecule has 1 saturated heterocycles. The molecule has 0 saturated carbocycles. The van der Waals surface area contributed by atoms with Crippen molar-refractivity contribution in [2.45, 2.75) is 31.8 Å². The summed E-state index contributed by atoms with van der Waals surface area (Å²) >= 11 is 0. The number of halogens is 2. The Kier molecular flexibility index (Phi) is 7.03. The molecule has 0 radical (unpaired) electrons. The van der Waals surface area contributed by atoms with Crippen LogP contribution in [0.2, 0.25) is 0 Å². The normalized spacial score (nSPS) is 14.5. The summed E-state index contributed by atoms with van der Waals surface area (Å²) in [5.41, 5.74) is 4.28. The Morgan fingerprint density at radius 2 is 1.81 bits per heavy atom. The summed E-state index contributed by atoms with van der Waals surface area (Å²) in [5, 5.41) is 4.86. The highest BCUT2D eigenvalue weighted by atomic mass is 19.1. The van der Waals surface area contributed by atoms with E-state index in [0.29, 0.717) is 35.2 Å². The molecule has 6 aromatic rings. The van der Waals surface area contributed by atoms with E-state index in [-0.39, 0.29) is 29.6 Å². The molecule has 0 bridgehead atoms. The number of carbonyl (C=O) groups excluding carboxylic acids is 1. The van der Waals surface area contributed by atoms with Gasteiger partial charge in [0.25, 0.3) is 0 Å². The van der Waals surface area contributed by atoms with Gasteiger partial charge in [-0.2, -0.15) is 9.49 Å². The standard InChI is InChI=1S/C31H26F2N8O2/c32-22-3-1-20(2-4-22)30-31(40(19-36-30)24-8-12-39(13-9-24)18-29-35-11-14-43-29)25-5-6-28-37-23(17-41(28)38-25)16-26(42)21-7-10-34-27(33)15-21/h1-7,10-11,14-15,17,19,24H,8-9,12-13,16,18H2. The molecule has 1 aromatic carbocycles. The first-order valence-corrected chi connectivity index (χ1v) is 13.9. The zero-order valence-corrected chi connectivity index (χ0v) is 23.0.